The molecule has 0 aliphatic carbocycles. The second-order valence-electron chi connectivity index (χ2n) is 3.75. The van der Waals surface area contributed by atoms with Crippen LogP contribution in [0.5, 0.6) is 0 Å². The maximum atomic E-state index is 5.96. The Morgan fingerprint density at radius 3 is 3.08 bits per heavy atom. The summed E-state index contributed by atoms with van der Waals surface area (Å²) in [5.74, 6) is 1.04. The number of aromatic nitrogens is 1. The molecule has 0 fully saturated rings. The Labute approximate surface area is 78.3 Å². The molecule has 1 aromatic heterocycles. The summed E-state index contributed by atoms with van der Waals surface area (Å²) in [5, 5.41) is 0. The monoisotopic (exact) mass is 177 g/mol. The number of rotatable bonds is 1. The lowest BCUT2D eigenvalue weighted by molar-refractivity contribution is 0.602. The van der Waals surface area contributed by atoms with Gasteiger partial charge >= 0.3 is 0 Å². The van der Waals surface area contributed by atoms with E-state index in [1.54, 1.807) is 0 Å². The van der Waals surface area contributed by atoms with Crippen LogP contribution in [0.25, 0.3) is 0 Å². The first-order valence-electron chi connectivity index (χ1n) is 4.69. The SMILES string of the molecule is CC(C)n1ccc2c1N=CCC2N. The van der Waals surface area contributed by atoms with Crippen LogP contribution < -0.4 is 5.73 Å². The maximum Gasteiger partial charge on any atom is 0.137 e. The van der Waals surface area contributed by atoms with Crippen molar-refractivity contribution in [3.63, 3.8) is 0 Å². The third kappa shape index (κ3) is 1.29. The molecule has 3 heteroatoms. The molecule has 2 heterocycles. The molecule has 0 amide bonds. The van der Waals surface area contributed by atoms with Gasteiger partial charge in [-0.05, 0) is 19.9 Å². The first kappa shape index (κ1) is 8.51. The number of hydrogen-bond acceptors (Lipinski definition) is 2. The zero-order valence-corrected chi connectivity index (χ0v) is 8.07. The number of fused-ring (bicyclic) bond motifs is 1. The Kier molecular flexibility index (Phi) is 1.96. The van der Waals surface area contributed by atoms with Gasteiger partial charge in [0.15, 0.2) is 0 Å². The van der Waals surface area contributed by atoms with E-state index in [4.69, 9.17) is 5.73 Å². The molecular formula is C10H15N3. The minimum absolute atomic E-state index is 0.132. The highest BCUT2D eigenvalue weighted by molar-refractivity contribution is 5.68. The predicted octanol–water partition coefficient (Wildman–Crippen LogP) is 2.17. The third-order valence-electron chi connectivity index (χ3n) is 2.45. The molecule has 1 atom stereocenters. The molecule has 0 radical (unpaired) electrons. The normalized spacial score (nSPS) is 20.8. The molecule has 0 saturated carbocycles. The van der Waals surface area contributed by atoms with Crippen molar-refractivity contribution in [3.05, 3.63) is 17.8 Å². The van der Waals surface area contributed by atoms with Gasteiger partial charge in [0.25, 0.3) is 0 Å². The van der Waals surface area contributed by atoms with E-state index in [0.717, 1.165) is 12.2 Å². The van der Waals surface area contributed by atoms with E-state index in [2.05, 4.69) is 35.7 Å². The molecule has 1 unspecified atom stereocenters. The summed E-state index contributed by atoms with van der Waals surface area (Å²) in [5.41, 5.74) is 7.13. The van der Waals surface area contributed by atoms with Crippen molar-refractivity contribution in [2.45, 2.75) is 32.4 Å². The fourth-order valence-electron chi connectivity index (χ4n) is 1.68. The van der Waals surface area contributed by atoms with Crippen LogP contribution in [0.4, 0.5) is 5.82 Å². The van der Waals surface area contributed by atoms with Crippen molar-refractivity contribution >= 4 is 12.0 Å². The summed E-state index contributed by atoms with van der Waals surface area (Å²) in [6.07, 6.45) is 4.83. The summed E-state index contributed by atoms with van der Waals surface area (Å²) < 4.78 is 2.16. The number of aliphatic imine (C=N–C) groups is 1. The van der Waals surface area contributed by atoms with Gasteiger partial charge in [-0.2, -0.15) is 0 Å². The first-order chi connectivity index (χ1) is 6.20. The second kappa shape index (κ2) is 3.00. The van der Waals surface area contributed by atoms with Gasteiger partial charge in [0.2, 0.25) is 0 Å². The van der Waals surface area contributed by atoms with Crippen LogP contribution in [0.1, 0.15) is 37.9 Å². The number of hydrogen-bond donors (Lipinski definition) is 1. The van der Waals surface area contributed by atoms with Crippen molar-refractivity contribution in [2.75, 3.05) is 0 Å². The Hall–Kier alpha value is -1.09. The molecule has 70 valence electrons. The Bertz CT molecular complexity index is 336. The molecule has 13 heavy (non-hydrogen) atoms. The smallest absolute Gasteiger partial charge is 0.137 e. The average Bonchev–Trinajstić information content (AvgIpc) is 2.48. The van der Waals surface area contributed by atoms with E-state index in [1.165, 1.54) is 5.56 Å². The summed E-state index contributed by atoms with van der Waals surface area (Å²) in [4.78, 5) is 4.38. The van der Waals surface area contributed by atoms with Gasteiger partial charge in [0, 0.05) is 36.5 Å². The van der Waals surface area contributed by atoms with Gasteiger partial charge < -0.3 is 10.3 Å². The molecule has 3 nitrogen and oxygen atoms in total. The molecule has 0 bridgehead atoms. The van der Waals surface area contributed by atoms with E-state index in [1.807, 2.05) is 6.21 Å². The van der Waals surface area contributed by atoms with Crippen LogP contribution >= 0.6 is 0 Å². The summed E-state index contributed by atoms with van der Waals surface area (Å²) >= 11 is 0. The van der Waals surface area contributed by atoms with Crippen LogP contribution in [-0.2, 0) is 0 Å². The van der Waals surface area contributed by atoms with Crippen LogP contribution in [0, 0.1) is 0 Å². The zero-order valence-electron chi connectivity index (χ0n) is 8.07. The largest absolute Gasteiger partial charge is 0.330 e. The number of nitrogens with zero attached hydrogens (tertiary/aromatic N) is 2. The van der Waals surface area contributed by atoms with Gasteiger partial charge in [-0.3, -0.25) is 0 Å². The third-order valence-corrected chi connectivity index (χ3v) is 2.45. The molecule has 0 saturated heterocycles. The van der Waals surface area contributed by atoms with Gasteiger partial charge in [0.1, 0.15) is 5.82 Å². The fourth-order valence-corrected chi connectivity index (χ4v) is 1.68. The van der Waals surface area contributed by atoms with E-state index < -0.39 is 0 Å². The van der Waals surface area contributed by atoms with Crippen LogP contribution in [0.15, 0.2) is 17.3 Å². The lowest BCUT2D eigenvalue weighted by Gasteiger charge is -2.16. The van der Waals surface area contributed by atoms with Crippen molar-refractivity contribution in [1.29, 1.82) is 0 Å². The van der Waals surface area contributed by atoms with Crippen molar-refractivity contribution in [1.82, 2.24) is 4.57 Å². The summed E-state index contributed by atoms with van der Waals surface area (Å²) in [6, 6.07) is 2.66. The highest BCUT2D eigenvalue weighted by Crippen LogP contribution is 2.32. The first-order valence-corrected chi connectivity index (χ1v) is 4.69. The van der Waals surface area contributed by atoms with E-state index in [9.17, 15) is 0 Å². The minimum Gasteiger partial charge on any atom is -0.330 e. The minimum atomic E-state index is 0.132. The van der Waals surface area contributed by atoms with Crippen molar-refractivity contribution in [2.24, 2.45) is 10.7 Å². The predicted molar refractivity (Wildman–Crippen MR) is 54.5 cm³/mol. The molecule has 0 spiro atoms. The van der Waals surface area contributed by atoms with Gasteiger partial charge in [-0.15, -0.1) is 0 Å². The lowest BCUT2D eigenvalue weighted by Crippen LogP contribution is -2.13. The van der Waals surface area contributed by atoms with Gasteiger partial charge in [0.05, 0.1) is 0 Å². The number of nitrogens with two attached hydrogens (primary N) is 1. The Morgan fingerprint density at radius 2 is 2.38 bits per heavy atom. The highest BCUT2D eigenvalue weighted by atomic mass is 15.1. The van der Waals surface area contributed by atoms with E-state index in [-0.39, 0.29) is 6.04 Å². The lowest BCUT2D eigenvalue weighted by atomic mass is 10.1. The van der Waals surface area contributed by atoms with E-state index >= 15 is 0 Å². The molecule has 1 aliphatic rings. The van der Waals surface area contributed by atoms with Crippen LogP contribution in [0.2, 0.25) is 0 Å². The standard InChI is InChI=1S/C10H15N3/c1-7(2)13-6-4-8-9(11)3-5-12-10(8)13/h4-7,9H,3,11H2,1-2H3. The summed E-state index contributed by atoms with van der Waals surface area (Å²) in [6.45, 7) is 4.30. The second-order valence-corrected chi connectivity index (χ2v) is 3.75. The molecule has 2 N–H and O–H groups in total. The maximum absolute atomic E-state index is 5.96. The zero-order chi connectivity index (χ0) is 9.42. The van der Waals surface area contributed by atoms with Crippen LogP contribution in [-0.4, -0.2) is 10.8 Å². The molecule has 2 rings (SSSR count). The average molecular weight is 177 g/mol. The molecule has 0 aromatic carbocycles. The Balaban J connectivity index is 2.49. The molecule has 1 aliphatic heterocycles. The Morgan fingerprint density at radius 1 is 1.62 bits per heavy atom. The van der Waals surface area contributed by atoms with Crippen molar-refractivity contribution in [3.8, 4) is 0 Å². The van der Waals surface area contributed by atoms with Crippen LogP contribution in [0.3, 0.4) is 0 Å². The highest BCUT2D eigenvalue weighted by Gasteiger charge is 2.18. The quantitative estimate of drug-likeness (QED) is 0.702. The van der Waals surface area contributed by atoms with Gasteiger partial charge in [-0.1, -0.05) is 0 Å². The fraction of sp³-hybridized carbons (Fsp3) is 0.500. The van der Waals surface area contributed by atoms with Gasteiger partial charge in [-0.25, -0.2) is 4.99 Å². The van der Waals surface area contributed by atoms with Crippen molar-refractivity contribution < 1.29 is 0 Å². The molecule has 1 aromatic rings. The molecular weight excluding hydrogens is 162 g/mol. The topological polar surface area (TPSA) is 43.3 Å². The summed E-state index contributed by atoms with van der Waals surface area (Å²) in [7, 11) is 0. The van der Waals surface area contributed by atoms with E-state index in [0.29, 0.717) is 6.04 Å².